The number of rotatable bonds is 3. The molecule has 0 radical (unpaired) electrons. The van der Waals surface area contributed by atoms with E-state index in [2.05, 4.69) is 5.32 Å². The van der Waals surface area contributed by atoms with Gasteiger partial charge >= 0.3 is 0 Å². The van der Waals surface area contributed by atoms with Crippen LogP contribution in [-0.2, 0) is 12.8 Å². The first kappa shape index (κ1) is 14.6. The smallest absolute Gasteiger partial charge is 0.270 e. The largest absolute Gasteiger partial charge is 0.355 e. The van der Waals surface area contributed by atoms with E-state index < -0.39 is 0 Å². The predicted molar refractivity (Wildman–Crippen MR) is 94.8 cm³/mol. The molecule has 0 saturated carbocycles. The molecule has 0 atom stereocenters. The van der Waals surface area contributed by atoms with Gasteiger partial charge in [0.25, 0.3) is 5.69 Å². The molecule has 3 aromatic rings. The minimum absolute atomic E-state index is 0.0937. The first-order valence-corrected chi connectivity index (χ1v) is 8.14. The minimum atomic E-state index is -0.356. The van der Waals surface area contributed by atoms with Gasteiger partial charge in [-0.3, -0.25) is 15.1 Å². The molecule has 0 fully saturated rings. The summed E-state index contributed by atoms with van der Waals surface area (Å²) < 4.78 is 0. The van der Waals surface area contributed by atoms with Crippen LogP contribution >= 0.6 is 0 Å². The molecule has 24 heavy (non-hydrogen) atoms. The highest BCUT2D eigenvalue weighted by Gasteiger charge is 2.20. The van der Waals surface area contributed by atoms with Gasteiger partial charge in [-0.1, -0.05) is 18.2 Å². The average Bonchev–Trinajstić information content (AvgIpc) is 2.62. The molecule has 0 aliphatic heterocycles. The second-order valence-corrected chi connectivity index (χ2v) is 6.07. The van der Waals surface area contributed by atoms with E-state index in [1.165, 1.54) is 11.6 Å². The van der Waals surface area contributed by atoms with Crippen LogP contribution in [0.15, 0.2) is 48.5 Å². The van der Waals surface area contributed by atoms with Crippen molar-refractivity contribution >= 4 is 28.0 Å². The monoisotopic (exact) mass is 319 g/mol. The molecule has 1 heterocycles. The molecule has 120 valence electrons. The van der Waals surface area contributed by atoms with E-state index in [1.54, 1.807) is 12.1 Å². The van der Waals surface area contributed by atoms with Crippen LogP contribution in [0.2, 0.25) is 0 Å². The van der Waals surface area contributed by atoms with Gasteiger partial charge in [-0.15, -0.1) is 0 Å². The number of nitro benzene ring substituents is 1. The zero-order valence-corrected chi connectivity index (χ0v) is 13.2. The van der Waals surface area contributed by atoms with Crippen LogP contribution in [-0.4, -0.2) is 9.91 Å². The van der Waals surface area contributed by atoms with Crippen molar-refractivity contribution in [2.24, 2.45) is 0 Å². The van der Waals surface area contributed by atoms with Crippen LogP contribution in [0.4, 0.5) is 17.1 Å². The first-order chi connectivity index (χ1) is 11.7. The molecule has 1 aromatic heterocycles. The van der Waals surface area contributed by atoms with Crippen molar-refractivity contribution in [1.29, 1.82) is 0 Å². The van der Waals surface area contributed by atoms with Crippen LogP contribution < -0.4 is 5.32 Å². The highest BCUT2D eigenvalue weighted by Crippen LogP contribution is 2.36. The third-order valence-corrected chi connectivity index (χ3v) is 4.50. The van der Waals surface area contributed by atoms with E-state index in [1.807, 2.05) is 30.3 Å². The zero-order chi connectivity index (χ0) is 16.5. The fraction of sp³-hybridized carbons (Fsp3) is 0.211. The summed E-state index contributed by atoms with van der Waals surface area (Å²) in [6.45, 7) is 0. The van der Waals surface area contributed by atoms with E-state index >= 15 is 0 Å². The SMILES string of the molecule is O=[N+]([O-])c1ccc2nc3c(c(Nc4ccccc4)c2c1)CCCC3. The third-order valence-electron chi connectivity index (χ3n) is 4.50. The number of benzene rings is 2. The predicted octanol–water partition coefficient (Wildman–Crippen LogP) is 4.77. The molecule has 2 aromatic carbocycles. The minimum Gasteiger partial charge on any atom is -0.355 e. The Morgan fingerprint density at radius 1 is 1.04 bits per heavy atom. The maximum absolute atomic E-state index is 11.2. The Morgan fingerprint density at radius 3 is 2.62 bits per heavy atom. The number of nitrogens with zero attached hydrogens (tertiary/aromatic N) is 2. The summed E-state index contributed by atoms with van der Waals surface area (Å²) in [6.07, 6.45) is 4.18. The average molecular weight is 319 g/mol. The van der Waals surface area contributed by atoms with Crippen LogP contribution in [0.1, 0.15) is 24.1 Å². The van der Waals surface area contributed by atoms with Gasteiger partial charge in [-0.25, -0.2) is 0 Å². The van der Waals surface area contributed by atoms with Gasteiger partial charge in [0, 0.05) is 28.9 Å². The Morgan fingerprint density at radius 2 is 1.83 bits per heavy atom. The fourth-order valence-corrected chi connectivity index (χ4v) is 3.33. The number of nitrogens with one attached hydrogen (secondary N) is 1. The first-order valence-electron chi connectivity index (χ1n) is 8.14. The van der Waals surface area contributed by atoms with Crippen molar-refractivity contribution in [3.8, 4) is 0 Å². The molecule has 5 heteroatoms. The summed E-state index contributed by atoms with van der Waals surface area (Å²) in [5.74, 6) is 0. The summed E-state index contributed by atoms with van der Waals surface area (Å²) in [4.78, 5) is 15.6. The van der Waals surface area contributed by atoms with Gasteiger partial charge in [0.1, 0.15) is 0 Å². The molecule has 1 N–H and O–H groups in total. The summed E-state index contributed by atoms with van der Waals surface area (Å²) in [7, 11) is 0. The molecule has 0 bridgehead atoms. The number of aryl methyl sites for hydroxylation is 1. The van der Waals surface area contributed by atoms with Crippen LogP contribution in [0.3, 0.4) is 0 Å². The van der Waals surface area contributed by atoms with Crippen molar-refractivity contribution in [2.45, 2.75) is 25.7 Å². The molecule has 5 nitrogen and oxygen atoms in total. The molecular weight excluding hydrogens is 302 g/mol. The lowest BCUT2D eigenvalue weighted by Crippen LogP contribution is -2.09. The van der Waals surface area contributed by atoms with Gasteiger partial charge in [0.05, 0.1) is 16.1 Å². The molecule has 0 spiro atoms. The van der Waals surface area contributed by atoms with Crippen molar-refractivity contribution < 1.29 is 4.92 Å². The van der Waals surface area contributed by atoms with E-state index in [0.29, 0.717) is 0 Å². The standard InChI is InChI=1S/C19H17N3O2/c23-22(24)14-10-11-18-16(12-14)19(20-13-6-2-1-3-7-13)15-8-4-5-9-17(15)21-18/h1-3,6-7,10-12H,4-5,8-9H2,(H,20,21). The number of para-hydroxylation sites is 1. The maximum Gasteiger partial charge on any atom is 0.270 e. The molecule has 0 unspecified atom stereocenters. The number of hydrogen-bond acceptors (Lipinski definition) is 4. The lowest BCUT2D eigenvalue weighted by atomic mass is 9.92. The van der Waals surface area contributed by atoms with E-state index in [4.69, 9.17) is 4.98 Å². The van der Waals surface area contributed by atoms with E-state index in [-0.39, 0.29) is 10.6 Å². The Kier molecular flexibility index (Phi) is 3.61. The number of nitro groups is 1. The Balaban J connectivity index is 1.95. The summed E-state index contributed by atoms with van der Waals surface area (Å²) >= 11 is 0. The number of aromatic nitrogens is 1. The zero-order valence-electron chi connectivity index (χ0n) is 13.2. The van der Waals surface area contributed by atoms with Crippen molar-refractivity contribution in [3.05, 3.63) is 69.9 Å². The third kappa shape index (κ3) is 2.58. The lowest BCUT2D eigenvalue weighted by Gasteiger charge is -2.21. The van der Waals surface area contributed by atoms with E-state index in [0.717, 1.165) is 53.7 Å². The van der Waals surface area contributed by atoms with Gasteiger partial charge in [0.15, 0.2) is 0 Å². The highest BCUT2D eigenvalue weighted by molar-refractivity contribution is 5.96. The Bertz CT molecular complexity index is 923. The van der Waals surface area contributed by atoms with Crippen molar-refractivity contribution in [1.82, 2.24) is 4.98 Å². The van der Waals surface area contributed by atoms with Crippen molar-refractivity contribution in [2.75, 3.05) is 5.32 Å². The molecular formula is C19H17N3O2. The molecule has 0 saturated heterocycles. The second kappa shape index (κ2) is 5.92. The summed E-state index contributed by atoms with van der Waals surface area (Å²) in [5.41, 5.74) is 5.14. The number of hydrogen-bond donors (Lipinski definition) is 1. The van der Waals surface area contributed by atoms with Gasteiger partial charge in [-0.2, -0.15) is 0 Å². The fourth-order valence-electron chi connectivity index (χ4n) is 3.33. The quantitative estimate of drug-likeness (QED) is 0.558. The molecule has 1 aliphatic carbocycles. The number of anilines is 2. The number of pyridine rings is 1. The van der Waals surface area contributed by atoms with Gasteiger partial charge in [-0.05, 0) is 49.4 Å². The second-order valence-electron chi connectivity index (χ2n) is 6.07. The lowest BCUT2D eigenvalue weighted by molar-refractivity contribution is -0.384. The van der Waals surface area contributed by atoms with Crippen LogP contribution in [0, 0.1) is 10.1 Å². The normalized spacial score (nSPS) is 13.5. The topological polar surface area (TPSA) is 68.1 Å². The van der Waals surface area contributed by atoms with Crippen molar-refractivity contribution in [3.63, 3.8) is 0 Å². The Labute approximate surface area is 139 Å². The van der Waals surface area contributed by atoms with Crippen LogP contribution in [0.5, 0.6) is 0 Å². The number of fused-ring (bicyclic) bond motifs is 2. The van der Waals surface area contributed by atoms with Gasteiger partial charge < -0.3 is 5.32 Å². The van der Waals surface area contributed by atoms with Gasteiger partial charge in [0.2, 0.25) is 0 Å². The summed E-state index contributed by atoms with van der Waals surface area (Å²) in [6, 6.07) is 14.8. The number of non-ortho nitro benzene ring substituents is 1. The Hall–Kier alpha value is -2.95. The maximum atomic E-state index is 11.2. The van der Waals surface area contributed by atoms with Crippen LogP contribution in [0.25, 0.3) is 10.9 Å². The molecule has 1 aliphatic rings. The van der Waals surface area contributed by atoms with E-state index in [9.17, 15) is 10.1 Å². The summed E-state index contributed by atoms with van der Waals surface area (Å²) in [5, 5.41) is 15.5. The molecule has 0 amide bonds. The highest BCUT2D eigenvalue weighted by atomic mass is 16.6. The molecule has 4 rings (SSSR count).